The van der Waals surface area contributed by atoms with Crippen LogP contribution in [0.4, 0.5) is 4.79 Å². The monoisotopic (exact) mass is 405 g/mol. The van der Waals surface area contributed by atoms with Gasteiger partial charge >= 0.3 is 12.0 Å². The fourth-order valence-corrected chi connectivity index (χ4v) is 3.17. The van der Waals surface area contributed by atoms with E-state index in [4.69, 9.17) is 9.47 Å². The zero-order valence-corrected chi connectivity index (χ0v) is 16.7. The Bertz CT molecular complexity index is 751. The van der Waals surface area contributed by atoms with Gasteiger partial charge in [0.25, 0.3) is 11.8 Å². The first-order valence-corrected chi connectivity index (χ1v) is 9.58. The molecule has 1 aromatic carbocycles. The SMILES string of the molecule is COc1ccccc1C(=O)NCC(=O)OCC(=O)NC(=O)N[C@@H]1CCCC[C@@H]1C. The molecule has 4 amide bonds. The molecule has 9 heteroatoms. The Hall–Kier alpha value is -3.10. The molecule has 1 saturated carbocycles. The van der Waals surface area contributed by atoms with Crippen LogP contribution in [0, 0.1) is 5.92 Å². The number of carbonyl (C=O) groups is 4. The van der Waals surface area contributed by atoms with Crippen molar-refractivity contribution in [3.63, 3.8) is 0 Å². The quantitative estimate of drug-likeness (QED) is 0.589. The zero-order valence-electron chi connectivity index (χ0n) is 16.7. The minimum absolute atomic E-state index is 0.0318. The van der Waals surface area contributed by atoms with Crippen molar-refractivity contribution < 1.29 is 28.7 Å². The molecule has 0 saturated heterocycles. The highest BCUT2D eigenvalue weighted by atomic mass is 16.5. The Labute approximate surface area is 169 Å². The summed E-state index contributed by atoms with van der Waals surface area (Å²) in [6, 6.07) is 5.99. The fraction of sp³-hybridized carbons (Fsp3) is 0.500. The molecular weight excluding hydrogens is 378 g/mol. The summed E-state index contributed by atoms with van der Waals surface area (Å²) < 4.78 is 9.86. The Balaban J connectivity index is 1.68. The van der Waals surface area contributed by atoms with E-state index in [1.807, 2.05) is 0 Å². The predicted molar refractivity (Wildman–Crippen MR) is 104 cm³/mol. The Kier molecular flexibility index (Phi) is 8.45. The lowest BCUT2D eigenvalue weighted by Gasteiger charge is -2.29. The van der Waals surface area contributed by atoms with Crippen LogP contribution in [-0.4, -0.2) is 50.1 Å². The molecule has 0 radical (unpaired) electrons. The van der Waals surface area contributed by atoms with Crippen molar-refractivity contribution in [3.05, 3.63) is 29.8 Å². The van der Waals surface area contributed by atoms with Crippen LogP contribution in [-0.2, 0) is 14.3 Å². The molecule has 1 fully saturated rings. The first kappa shape index (κ1) is 22.2. The van der Waals surface area contributed by atoms with E-state index >= 15 is 0 Å². The zero-order chi connectivity index (χ0) is 21.2. The van der Waals surface area contributed by atoms with Gasteiger partial charge < -0.3 is 20.1 Å². The highest BCUT2D eigenvalue weighted by molar-refractivity contribution is 5.99. The summed E-state index contributed by atoms with van der Waals surface area (Å²) in [5.41, 5.74) is 0.272. The van der Waals surface area contributed by atoms with Crippen molar-refractivity contribution in [2.45, 2.75) is 38.6 Å². The summed E-state index contributed by atoms with van der Waals surface area (Å²) in [7, 11) is 1.43. The molecule has 0 aromatic heterocycles. The van der Waals surface area contributed by atoms with Crippen molar-refractivity contribution in [2.24, 2.45) is 5.92 Å². The van der Waals surface area contributed by atoms with Crippen molar-refractivity contribution in [3.8, 4) is 5.75 Å². The van der Waals surface area contributed by atoms with Crippen molar-refractivity contribution >= 4 is 23.8 Å². The maximum Gasteiger partial charge on any atom is 0.325 e. The van der Waals surface area contributed by atoms with E-state index in [0.29, 0.717) is 11.7 Å². The Morgan fingerprint density at radius 3 is 2.55 bits per heavy atom. The van der Waals surface area contributed by atoms with Gasteiger partial charge in [-0.05, 0) is 30.9 Å². The molecule has 2 atom stereocenters. The van der Waals surface area contributed by atoms with Crippen LogP contribution in [0.2, 0.25) is 0 Å². The van der Waals surface area contributed by atoms with Crippen LogP contribution in [0.1, 0.15) is 43.0 Å². The molecule has 9 nitrogen and oxygen atoms in total. The average Bonchev–Trinajstić information content (AvgIpc) is 2.72. The highest BCUT2D eigenvalue weighted by Crippen LogP contribution is 2.23. The highest BCUT2D eigenvalue weighted by Gasteiger charge is 2.23. The number of hydrogen-bond acceptors (Lipinski definition) is 6. The van der Waals surface area contributed by atoms with E-state index in [9.17, 15) is 19.2 Å². The van der Waals surface area contributed by atoms with Crippen molar-refractivity contribution in [1.29, 1.82) is 0 Å². The third-order valence-electron chi connectivity index (χ3n) is 4.79. The largest absolute Gasteiger partial charge is 0.496 e. The molecule has 0 unspecified atom stereocenters. The summed E-state index contributed by atoms with van der Waals surface area (Å²) in [5.74, 6) is -1.32. The number of carbonyl (C=O) groups excluding carboxylic acids is 4. The summed E-state index contributed by atoms with van der Waals surface area (Å²) in [5, 5.41) is 7.31. The molecule has 1 aliphatic carbocycles. The summed E-state index contributed by atoms with van der Waals surface area (Å²) in [6.45, 7) is 1.03. The number of ether oxygens (including phenoxy) is 2. The molecule has 1 aliphatic rings. The van der Waals surface area contributed by atoms with E-state index in [1.54, 1.807) is 24.3 Å². The molecule has 0 aliphatic heterocycles. The number of methoxy groups -OCH3 is 1. The van der Waals surface area contributed by atoms with Crippen LogP contribution >= 0.6 is 0 Å². The Morgan fingerprint density at radius 2 is 1.83 bits per heavy atom. The molecule has 0 heterocycles. The number of imide groups is 1. The van der Waals surface area contributed by atoms with Crippen molar-refractivity contribution in [2.75, 3.05) is 20.3 Å². The molecule has 158 valence electrons. The second-order valence-electron chi connectivity index (χ2n) is 6.93. The Morgan fingerprint density at radius 1 is 1.10 bits per heavy atom. The van der Waals surface area contributed by atoms with Crippen LogP contribution in [0.3, 0.4) is 0 Å². The number of para-hydroxylation sites is 1. The van der Waals surface area contributed by atoms with E-state index in [0.717, 1.165) is 25.7 Å². The molecule has 0 spiro atoms. The third kappa shape index (κ3) is 7.10. The van der Waals surface area contributed by atoms with Gasteiger partial charge in [0.2, 0.25) is 0 Å². The minimum atomic E-state index is -0.801. The van der Waals surface area contributed by atoms with Crippen LogP contribution in [0.25, 0.3) is 0 Å². The van der Waals surface area contributed by atoms with Gasteiger partial charge in [-0.3, -0.25) is 19.7 Å². The smallest absolute Gasteiger partial charge is 0.325 e. The predicted octanol–water partition coefficient (Wildman–Crippen LogP) is 1.37. The van der Waals surface area contributed by atoms with Gasteiger partial charge in [-0.2, -0.15) is 0 Å². The third-order valence-corrected chi connectivity index (χ3v) is 4.79. The number of nitrogens with one attached hydrogen (secondary N) is 3. The van der Waals surface area contributed by atoms with Crippen LogP contribution in [0.5, 0.6) is 5.75 Å². The molecule has 1 aromatic rings. The maximum atomic E-state index is 12.1. The van der Waals surface area contributed by atoms with Crippen LogP contribution in [0.15, 0.2) is 24.3 Å². The second kappa shape index (κ2) is 11.0. The first-order valence-electron chi connectivity index (χ1n) is 9.58. The number of benzene rings is 1. The van der Waals surface area contributed by atoms with Gasteiger partial charge in [0, 0.05) is 6.04 Å². The minimum Gasteiger partial charge on any atom is -0.496 e. The second-order valence-corrected chi connectivity index (χ2v) is 6.93. The van der Waals surface area contributed by atoms with Crippen molar-refractivity contribution in [1.82, 2.24) is 16.0 Å². The van der Waals surface area contributed by atoms with E-state index in [-0.39, 0.29) is 11.6 Å². The van der Waals surface area contributed by atoms with Gasteiger partial charge in [-0.15, -0.1) is 0 Å². The number of amides is 4. The number of hydrogen-bond donors (Lipinski definition) is 3. The van der Waals surface area contributed by atoms with E-state index < -0.39 is 37.0 Å². The number of rotatable bonds is 7. The summed E-state index contributed by atoms with van der Waals surface area (Å²) >= 11 is 0. The van der Waals surface area contributed by atoms with Crippen LogP contribution < -0.4 is 20.7 Å². The van der Waals surface area contributed by atoms with Gasteiger partial charge in [0.1, 0.15) is 12.3 Å². The molecule has 29 heavy (non-hydrogen) atoms. The molecular formula is C20H27N3O6. The standard InChI is InChI=1S/C20H27N3O6/c1-13-7-3-5-9-15(13)22-20(27)23-17(24)12-29-18(25)11-21-19(26)14-8-4-6-10-16(14)28-2/h4,6,8,10,13,15H,3,5,7,9,11-12H2,1-2H3,(H,21,26)(H2,22,23,24,27)/t13-,15+/m0/s1. The van der Waals surface area contributed by atoms with Gasteiger partial charge in [0.15, 0.2) is 6.61 Å². The van der Waals surface area contributed by atoms with Gasteiger partial charge in [-0.1, -0.05) is 31.9 Å². The average molecular weight is 405 g/mol. The maximum absolute atomic E-state index is 12.1. The van der Waals surface area contributed by atoms with Gasteiger partial charge in [-0.25, -0.2) is 4.79 Å². The van der Waals surface area contributed by atoms with E-state index in [2.05, 4.69) is 22.9 Å². The summed E-state index contributed by atoms with van der Waals surface area (Å²) in [4.78, 5) is 47.5. The first-order chi connectivity index (χ1) is 13.9. The lowest BCUT2D eigenvalue weighted by atomic mass is 9.86. The van der Waals surface area contributed by atoms with Gasteiger partial charge in [0.05, 0.1) is 12.7 Å². The number of urea groups is 1. The molecule has 2 rings (SSSR count). The molecule has 3 N–H and O–H groups in total. The van der Waals surface area contributed by atoms with E-state index in [1.165, 1.54) is 7.11 Å². The normalized spacial score (nSPS) is 18.3. The topological polar surface area (TPSA) is 123 Å². The lowest BCUT2D eigenvalue weighted by molar-refractivity contribution is -0.147. The molecule has 0 bridgehead atoms. The fourth-order valence-electron chi connectivity index (χ4n) is 3.17. The lowest BCUT2D eigenvalue weighted by Crippen LogP contribution is -2.48. The number of esters is 1. The summed E-state index contributed by atoms with van der Waals surface area (Å²) in [6.07, 6.45) is 4.10.